The van der Waals surface area contributed by atoms with E-state index in [1.807, 2.05) is 37.3 Å². The molecule has 1 N–H and O–H groups in total. The summed E-state index contributed by atoms with van der Waals surface area (Å²) in [5, 5.41) is 8.12. The number of aryl methyl sites for hydroxylation is 1. The molecule has 3 heterocycles. The Morgan fingerprint density at radius 1 is 1.18 bits per heavy atom. The molecule has 1 aliphatic heterocycles. The molecule has 9 nitrogen and oxygen atoms in total. The van der Waals surface area contributed by atoms with Crippen LogP contribution >= 0.6 is 11.8 Å². The van der Waals surface area contributed by atoms with E-state index in [0.717, 1.165) is 30.0 Å². The molecule has 0 saturated heterocycles. The molecule has 10 heteroatoms. The van der Waals surface area contributed by atoms with Crippen LogP contribution in [-0.4, -0.2) is 42.1 Å². The van der Waals surface area contributed by atoms with E-state index in [1.165, 1.54) is 16.4 Å². The van der Waals surface area contributed by atoms with E-state index in [9.17, 15) is 14.4 Å². The minimum atomic E-state index is -0.217. The predicted molar refractivity (Wildman–Crippen MR) is 125 cm³/mol. The Labute approximate surface area is 194 Å². The Balaban J connectivity index is 1.25. The summed E-state index contributed by atoms with van der Waals surface area (Å²) in [6, 6.07) is 9.31. The van der Waals surface area contributed by atoms with Crippen molar-refractivity contribution in [2.75, 3.05) is 12.3 Å². The largest absolute Gasteiger partial charge is 0.354 e. The van der Waals surface area contributed by atoms with Crippen LogP contribution in [-0.2, 0) is 11.3 Å². The number of amides is 1. The molecule has 0 unspecified atom stereocenters. The van der Waals surface area contributed by atoms with Gasteiger partial charge >= 0.3 is 5.69 Å². The lowest BCUT2D eigenvalue weighted by molar-refractivity contribution is -0.121. The van der Waals surface area contributed by atoms with Crippen LogP contribution in [0.15, 0.2) is 45.1 Å². The van der Waals surface area contributed by atoms with Gasteiger partial charge in [-0.2, -0.15) is 5.10 Å². The summed E-state index contributed by atoms with van der Waals surface area (Å²) >= 11 is 1.50. The number of benzene rings is 1. The third-order valence-corrected chi connectivity index (χ3v) is 7.31. The van der Waals surface area contributed by atoms with E-state index in [4.69, 9.17) is 0 Å². The normalized spacial score (nSPS) is 17.2. The topological polar surface area (TPSA) is 104 Å². The zero-order valence-corrected chi connectivity index (χ0v) is 19.5. The van der Waals surface area contributed by atoms with Crippen LogP contribution in [0.3, 0.4) is 0 Å². The molecule has 0 bridgehead atoms. The Bertz CT molecular complexity index is 1320. The molecule has 3 aromatic rings. The first-order valence-corrected chi connectivity index (χ1v) is 12.2. The highest BCUT2D eigenvalue weighted by atomic mass is 32.2. The summed E-state index contributed by atoms with van der Waals surface area (Å²) in [7, 11) is 0. The SMILES string of the molecule is Cc1nc2n(c(=O)c1C)[C@H](CC(=O)NCCn1nc(C3CC3)n(-c3ccccc3)c1=O)CS2. The summed E-state index contributed by atoms with van der Waals surface area (Å²) in [5.74, 6) is 1.59. The lowest BCUT2D eigenvalue weighted by atomic mass is 10.2. The first kappa shape index (κ1) is 21.7. The Morgan fingerprint density at radius 3 is 2.67 bits per heavy atom. The summed E-state index contributed by atoms with van der Waals surface area (Å²) in [6.07, 6.45) is 2.27. The minimum Gasteiger partial charge on any atom is -0.354 e. The first-order valence-electron chi connectivity index (χ1n) is 11.2. The van der Waals surface area contributed by atoms with Crippen LogP contribution in [0.4, 0.5) is 0 Å². The Morgan fingerprint density at radius 2 is 1.94 bits per heavy atom. The fourth-order valence-corrected chi connectivity index (χ4v) is 5.29. The van der Waals surface area contributed by atoms with Gasteiger partial charge in [0.2, 0.25) is 5.91 Å². The second-order valence-electron chi connectivity index (χ2n) is 8.61. The molecule has 1 atom stereocenters. The van der Waals surface area contributed by atoms with Crippen molar-refractivity contribution in [3.05, 3.63) is 68.3 Å². The van der Waals surface area contributed by atoms with Gasteiger partial charge in [-0.25, -0.2) is 19.0 Å². The molecule has 5 rings (SSSR count). The maximum atomic E-state index is 13.0. The molecule has 2 aliphatic rings. The molecule has 1 saturated carbocycles. The smallest absolute Gasteiger partial charge is 0.350 e. The van der Waals surface area contributed by atoms with Crippen molar-refractivity contribution in [1.82, 2.24) is 29.2 Å². The number of carbonyl (C=O) groups excluding carboxylic acids is 1. The number of rotatable bonds is 7. The van der Waals surface area contributed by atoms with Gasteiger partial charge in [0.1, 0.15) is 5.82 Å². The van der Waals surface area contributed by atoms with Gasteiger partial charge in [-0.3, -0.25) is 14.2 Å². The van der Waals surface area contributed by atoms with E-state index < -0.39 is 0 Å². The highest BCUT2D eigenvalue weighted by Crippen LogP contribution is 2.39. The van der Waals surface area contributed by atoms with E-state index in [2.05, 4.69) is 15.4 Å². The molecule has 1 aromatic carbocycles. The second kappa shape index (κ2) is 8.66. The van der Waals surface area contributed by atoms with Gasteiger partial charge in [-0.15, -0.1) is 0 Å². The molecular weight excluding hydrogens is 440 g/mol. The van der Waals surface area contributed by atoms with E-state index in [0.29, 0.717) is 35.5 Å². The van der Waals surface area contributed by atoms with Crippen LogP contribution < -0.4 is 16.6 Å². The Hall–Kier alpha value is -3.14. The van der Waals surface area contributed by atoms with Gasteiger partial charge in [0.05, 0.1) is 18.3 Å². The molecule has 1 fully saturated rings. The summed E-state index contributed by atoms with van der Waals surface area (Å²) < 4.78 is 4.75. The van der Waals surface area contributed by atoms with E-state index >= 15 is 0 Å². The molecule has 33 heavy (non-hydrogen) atoms. The number of nitrogens with one attached hydrogen (secondary N) is 1. The summed E-state index contributed by atoms with van der Waals surface area (Å²) in [6.45, 7) is 4.18. The standard InChI is InChI=1S/C23H26N6O3S/c1-14-15(2)25-22-29(21(14)31)18(13-33-22)12-19(30)24-10-11-27-23(32)28(17-6-4-3-5-7-17)20(26-27)16-8-9-16/h3-7,16,18H,8-13H2,1-2H3,(H,24,30)/t18-/m1/s1. The number of hydrogen-bond acceptors (Lipinski definition) is 6. The van der Waals surface area contributed by atoms with Crippen molar-refractivity contribution >= 4 is 17.7 Å². The average molecular weight is 467 g/mol. The number of thioether (sulfide) groups is 1. The van der Waals surface area contributed by atoms with Crippen LogP contribution in [0.2, 0.25) is 0 Å². The molecular formula is C23H26N6O3S. The van der Waals surface area contributed by atoms with Gasteiger partial charge in [0.25, 0.3) is 5.56 Å². The zero-order chi connectivity index (χ0) is 23.1. The number of para-hydroxylation sites is 1. The fourth-order valence-electron chi connectivity index (χ4n) is 4.11. The van der Waals surface area contributed by atoms with Crippen molar-refractivity contribution in [2.24, 2.45) is 0 Å². The van der Waals surface area contributed by atoms with Gasteiger partial charge in [0.15, 0.2) is 5.16 Å². The van der Waals surface area contributed by atoms with Crippen LogP contribution in [0.1, 0.15) is 48.3 Å². The van der Waals surface area contributed by atoms with Crippen molar-refractivity contribution in [3.8, 4) is 5.69 Å². The first-order chi connectivity index (χ1) is 15.9. The molecule has 2 aromatic heterocycles. The summed E-state index contributed by atoms with van der Waals surface area (Å²) in [4.78, 5) is 42.7. The van der Waals surface area contributed by atoms with Crippen molar-refractivity contribution in [3.63, 3.8) is 0 Å². The van der Waals surface area contributed by atoms with Gasteiger partial charge in [0, 0.05) is 35.9 Å². The highest BCUT2D eigenvalue weighted by molar-refractivity contribution is 7.99. The van der Waals surface area contributed by atoms with Crippen LogP contribution in [0.25, 0.3) is 5.69 Å². The number of aromatic nitrogens is 5. The number of nitrogens with zero attached hydrogens (tertiary/aromatic N) is 5. The predicted octanol–water partition coefficient (Wildman–Crippen LogP) is 1.94. The lowest BCUT2D eigenvalue weighted by Gasteiger charge is -2.14. The minimum absolute atomic E-state index is 0.0779. The Kier molecular flexibility index (Phi) is 5.69. The maximum Gasteiger partial charge on any atom is 0.350 e. The van der Waals surface area contributed by atoms with Crippen LogP contribution in [0, 0.1) is 13.8 Å². The fraction of sp³-hybridized carbons (Fsp3) is 0.435. The average Bonchev–Trinajstić information content (AvgIpc) is 3.50. The number of carbonyl (C=O) groups is 1. The zero-order valence-electron chi connectivity index (χ0n) is 18.7. The second-order valence-corrected chi connectivity index (χ2v) is 9.60. The third-order valence-electron chi connectivity index (χ3n) is 6.21. The van der Waals surface area contributed by atoms with Crippen molar-refractivity contribution in [2.45, 2.75) is 56.8 Å². The molecule has 0 spiro atoms. The van der Waals surface area contributed by atoms with Crippen LogP contribution in [0.5, 0.6) is 0 Å². The van der Waals surface area contributed by atoms with Gasteiger partial charge in [-0.1, -0.05) is 30.0 Å². The van der Waals surface area contributed by atoms with Gasteiger partial charge in [-0.05, 0) is 38.8 Å². The number of fused-ring (bicyclic) bond motifs is 1. The molecule has 1 aliphatic carbocycles. The lowest BCUT2D eigenvalue weighted by Crippen LogP contribution is -2.34. The monoisotopic (exact) mass is 466 g/mol. The third kappa shape index (κ3) is 4.15. The molecule has 1 amide bonds. The molecule has 0 radical (unpaired) electrons. The van der Waals surface area contributed by atoms with E-state index in [-0.39, 0.29) is 29.6 Å². The van der Waals surface area contributed by atoms with Crippen molar-refractivity contribution < 1.29 is 4.79 Å². The van der Waals surface area contributed by atoms with E-state index in [1.54, 1.807) is 16.1 Å². The number of hydrogen-bond donors (Lipinski definition) is 1. The summed E-state index contributed by atoms with van der Waals surface area (Å²) in [5.41, 5.74) is 1.89. The highest BCUT2D eigenvalue weighted by Gasteiger charge is 2.32. The van der Waals surface area contributed by atoms with Crippen molar-refractivity contribution in [1.29, 1.82) is 0 Å². The van der Waals surface area contributed by atoms with Gasteiger partial charge < -0.3 is 5.32 Å². The maximum absolute atomic E-state index is 13.0. The quantitative estimate of drug-likeness (QED) is 0.534. The molecule has 172 valence electrons.